The van der Waals surface area contributed by atoms with Crippen molar-refractivity contribution in [3.63, 3.8) is 0 Å². The molecule has 170 valence electrons. The molecule has 6 heteroatoms. The fraction of sp³-hybridized carbons (Fsp3) is 0.462. The number of ether oxygens (including phenoxy) is 1. The third kappa shape index (κ3) is 4.87. The van der Waals surface area contributed by atoms with Crippen LogP contribution in [-0.2, 0) is 40.3 Å². The van der Waals surface area contributed by atoms with Gasteiger partial charge in [0, 0.05) is 25.7 Å². The van der Waals surface area contributed by atoms with E-state index >= 15 is 0 Å². The summed E-state index contributed by atoms with van der Waals surface area (Å²) in [4.78, 5) is 29.9. The zero-order valence-corrected chi connectivity index (χ0v) is 19.2. The Morgan fingerprint density at radius 3 is 2.41 bits per heavy atom. The SMILES string of the molecule is CCc1ccc(CN2C[C@@H](NC(=O)C3Cc4ccccc4CN3C)C[C@H]2C(=O)OC)cc1. The van der Waals surface area contributed by atoms with E-state index in [-0.39, 0.29) is 30.0 Å². The van der Waals surface area contributed by atoms with Crippen molar-refractivity contribution in [2.45, 2.75) is 57.4 Å². The third-order valence-electron chi connectivity index (χ3n) is 6.83. The highest BCUT2D eigenvalue weighted by atomic mass is 16.5. The Bertz CT molecular complexity index is 959. The lowest BCUT2D eigenvalue weighted by Crippen LogP contribution is -2.51. The van der Waals surface area contributed by atoms with Crippen molar-refractivity contribution >= 4 is 11.9 Å². The molecule has 1 fully saturated rings. The summed E-state index contributed by atoms with van der Waals surface area (Å²) in [5, 5.41) is 3.22. The first-order chi connectivity index (χ1) is 15.5. The Kier molecular flexibility index (Phi) is 6.92. The first-order valence-electron chi connectivity index (χ1n) is 11.5. The van der Waals surface area contributed by atoms with Crippen molar-refractivity contribution in [3.8, 4) is 0 Å². The highest BCUT2D eigenvalue weighted by molar-refractivity contribution is 5.83. The highest BCUT2D eigenvalue weighted by Gasteiger charge is 2.39. The molecule has 0 saturated carbocycles. The fourth-order valence-electron chi connectivity index (χ4n) is 4.92. The van der Waals surface area contributed by atoms with E-state index in [0.717, 1.165) is 18.5 Å². The van der Waals surface area contributed by atoms with E-state index in [9.17, 15) is 9.59 Å². The topological polar surface area (TPSA) is 61.9 Å². The quantitative estimate of drug-likeness (QED) is 0.707. The molecule has 0 radical (unpaired) electrons. The fourth-order valence-corrected chi connectivity index (χ4v) is 4.92. The molecule has 1 saturated heterocycles. The maximum absolute atomic E-state index is 13.2. The monoisotopic (exact) mass is 435 g/mol. The number of nitrogens with one attached hydrogen (secondary N) is 1. The van der Waals surface area contributed by atoms with Crippen LogP contribution in [0, 0.1) is 0 Å². The van der Waals surface area contributed by atoms with Crippen molar-refractivity contribution in [1.82, 2.24) is 15.1 Å². The second-order valence-electron chi connectivity index (χ2n) is 8.98. The third-order valence-corrected chi connectivity index (χ3v) is 6.83. The number of likely N-dealkylation sites (tertiary alicyclic amines) is 1. The van der Waals surface area contributed by atoms with Gasteiger partial charge in [-0.15, -0.1) is 0 Å². The minimum atomic E-state index is -0.346. The van der Waals surface area contributed by atoms with E-state index in [1.165, 1.54) is 23.8 Å². The highest BCUT2D eigenvalue weighted by Crippen LogP contribution is 2.25. The van der Waals surface area contributed by atoms with Crippen LogP contribution in [0.15, 0.2) is 48.5 Å². The van der Waals surface area contributed by atoms with Crippen molar-refractivity contribution in [1.29, 1.82) is 0 Å². The molecule has 1 unspecified atom stereocenters. The molecule has 3 atom stereocenters. The summed E-state index contributed by atoms with van der Waals surface area (Å²) in [6, 6.07) is 16.2. The smallest absolute Gasteiger partial charge is 0.323 e. The summed E-state index contributed by atoms with van der Waals surface area (Å²) >= 11 is 0. The zero-order valence-electron chi connectivity index (χ0n) is 19.2. The number of hydrogen-bond donors (Lipinski definition) is 1. The van der Waals surface area contributed by atoms with Gasteiger partial charge in [-0.1, -0.05) is 55.5 Å². The molecule has 1 amide bonds. The number of esters is 1. The largest absolute Gasteiger partial charge is 0.468 e. The van der Waals surface area contributed by atoms with Gasteiger partial charge in [0.25, 0.3) is 0 Å². The van der Waals surface area contributed by atoms with Crippen molar-refractivity contribution in [2.75, 3.05) is 20.7 Å². The molecule has 2 aliphatic rings. The van der Waals surface area contributed by atoms with Crippen LogP contribution in [0.25, 0.3) is 0 Å². The lowest BCUT2D eigenvalue weighted by Gasteiger charge is -2.33. The van der Waals surface area contributed by atoms with Crippen LogP contribution in [0.4, 0.5) is 0 Å². The normalized spacial score (nSPS) is 23.5. The van der Waals surface area contributed by atoms with E-state index in [1.807, 2.05) is 19.2 Å². The van der Waals surface area contributed by atoms with Gasteiger partial charge in [-0.05, 0) is 48.6 Å². The van der Waals surface area contributed by atoms with Gasteiger partial charge in [-0.2, -0.15) is 0 Å². The molecule has 4 rings (SSSR count). The maximum atomic E-state index is 13.2. The van der Waals surface area contributed by atoms with Crippen LogP contribution < -0.4 is 5.32 Å². The van der Waals surface area contributed by atoms with Crippen LogP contribution in [0.5, 0.6) is 0 Å². The average Bonchev–Trinajstić information content (AvgIpc) is 3.20. The number of nitrogens with zero attached hydrogens (tertiary/aromatic N) is 2. The number of rotatable bonds is 6. The first kappa shape index (κ1) is 22.5. The van der Waals surface area contributed by atoms with Crippen LogP contribution in [0.3, 0.4) is 0 Å². The molecule has 2 aliphatic heterocycles. The van der Waals surface area contributed by atoms with Gasteiger partial charge in [-0.25, -0.2) is 0 Å². The zero-order chi connectivity index (χ0) is 22.7. The van der Waals surface area contributed by atoms with Gasteiger partial charge in [0.15, 0.2) is 0 Å². The van der Waals surface area contributed by atoms with E-state index < -0.39 is 0 Å². The second-order valence-corrected chi connectivity index (χ2v) is 8.98. The van der Waals surface area contributed by atoms with Gasteiger partial charge >= 0.3 is 5.97 Å². The maximum Gasteiger partial charge on any atom is 0.323 e. The minimum absolute atomic E-state index is 0.0322. The molecular weight excluding hydrogens is 402 g/mol. The van der Waals surface area contributed by atoms with Gasteiger partial charge in [0.2, 0.25) is 5.91 Å². The van der Waals surface area contributed by atoms with Crippen molar-refractivity contribution < 1.29 is 14.3 Å². The lowest BCUT2D eigenvalue weighted by atomic mass is 9.94. The predicted molar refractivity (Wildman–Crippen MR) is 124 cm³/mol. The Morgan fingerprint density at radius 1 is 1.03 bits per heavy atom. The predicted octanol–water partition coefficient (Wildman–Crippen LogP) is 2.54. The summed E-state index contributed by atoms with van der Waals surface area (Å²) in [5.41, 5.74) is 4.97. The molecule has 2 aromatic rings. The summed E-state index contributed by atoms with van der Waals surface area (Å²) in [6.07, 6.45) is 2.28. The number of carbonyl (C=O) groups is 2. The van der Waals surface area contributed by atoms with Gasteiger partial charge < -0.3 is 10.1 Å². The molecule has 2 aromatic carbocycles. The van der Waals surface area contributed by atoms with Gasteiger partial charge in [-0.3, -0.25) is 19.4 Å². The number of hydrogen-bond acceptors (Lipinski definition) is 5. The minimum Gasteiger partial charge on any atom is -0.468 e. The number of carbonyl (C=O) groups excluding carboxylic acids is 2. The molecule has 0 aliphatic carbocycles. The summed E-state index contributed by atoms with van der Waals surface area (Å²) in [7, 11) is 3.43. The molecule has 0 aromatic heterocycles. The van der Waals surface area contributed by atoms with Crippen LogP contribution in [-0.4, -0.2) is 60.5 Å². The Balaban J connectivity index is 1.42. The van der Waals surface area contributed by atoms with Crippen molar-refractivity contribution in [2.24, 2.45) is 0 Å². The number of methoxy groups -OCH3 is 1. The molecular formula is C26H33N3O3. The number of amides is 1. The van der Waals surface area contributed by atoms with Gasteiger partial charge in [0.05, 0.1) is 13.2 Å². The number of fused-ring (bicyclic) bond motifs is 1. The molecule has 0 bridgehead atoms. The van der Waals surface area contributed by atoms with E-state index in [1.54, 1.807) is 0 Å². The van der Waals surface area contributed by atoms with E-state index in [4.69, 9.17) is 4.74 Å². The molecule has 2 heterocycles. The average molecular weight is 436 g/mol. The number of aryl methyl sites for hydroxylation is 1. The van der Waals surface area contributed by atoms with E-state index in [2.05, 4.69) is 58.4 Å². The van der Waals surface area contributed by atoms with Crippen molar-refractivity contribution in [3.05, 3.63) is 70.8 Å². The molecule has 32 heavy (non-hydrogen) atoms. The Labute approximate surface area is 190 Å². The summed E-state index contributed by atoms with van der Waals surface area (Å²) < 4.78 is 5.06. The first-order valence-corrected chi connectivity index (χ1v) is 11.5. The summed E-state index contributed by atoms with van der Waals surface area (Å²) in [5.74, 6) is -0.208. The second kappa shape index (κ2) is 9.84. The van der Waals surface area contributed by atoms with Crippen LogP contribution in [0.2, 0.25) is 0 Å². The van der Waals surface area contributed by atoms with Crippen LogP contribution >= 0.6 is 0 Å². The summed E-state index contributed by atoms with van der Waals surface area (Å²) in [6.45, 7) is 4.20. The molecule has 6 nitrogen and oxygen atoms in total. The standard InChI is InChI=1S/C26H33N3O3/c1-4-18-9-11-19(12-10-18)15-29-17-22(14-24(29)26(31)32-3)27-25(30)23-13-20-7-5-6-8-21(20)16-28(23)2/h5-12,22-24H,4,13-17H2,1-3H3,(H,27,30)/t22-,23?,24-/m0/s1. The Hall–Kier alpha value is -2.70. The van der Waals surface area contributed by atoms with E-state index in [0.29, 0.717) is 25.9 Å². The van der Waals surface area contributed by atoms with Crippen LogP contribution in [0.1, 0.15) is 35.6 Å². The molecule has 1 N–H and O–H groups in total. The molecule has 0 spiro atoms. The van der Waals surface area contributed by atoms with Gasteiger partial charge in [0.1, 0.15) is 6.04 Å². The number of benzene rings is 2. The Morgan fingerprint density at radius 2 is 1.72 bits per heavy atom. The number of likely N-dealkylation sites (N-methyl/N-ethyl adjacent to an activating group) is 1. The lowest BCUT2D eigenvalue weighted by molar-refractivity contribution is -0.146.